The zero-order valence-corrected chi connectivity index (χ0v) is 18.5. The Morgan fingerprint density at radius 3 is 2.64 bits per heavy atom. The number of para-hydroxylation sites is 1. The van der Waals surface area contributed by atoms with E-state index < -0.39 is 18.4 Å². The fourth-order valence-electron chi connectivity index (χ4n) is 4.18. The fourth-order valence-corrected chi connectivity index (χ4v) is 4.86. The number of ketones is 1. The molecule has 33 heavy (non-hydrogen) atoms. The van der Waals surface area contributed by atoms with Gasteiger partial charge in [-0.05, 0) is 78.3 Å². The van der Waals surface area contributed by atoms with E-state index >= 15 is 0 Å². The molecule has 0 aliphatic heterocycles. The van der Waals surface area contributed by atoms with Gasteiger partial charge in [0.15, 0.2) is 12.4 Å². The van der Waals surface area contributed by atoms with E-state index in [0.29, 0.717) is 28.5 Å². The normalized spacial score (nSPS) is 14.3. The molecule has 0 N–H and O–H groups in total. The predicted molar refractivity (Wildman–Crippen MR) is 128 cm³/mol. The minimum absolute atomic E-state index is 0.298. The molecule has 2 aromatic heterocycles. The summed E-state index contributed by atoms with van der Waals surface area (Å²) in [6, 6.07) is 16.8. The van der Waals surface area contributed by atoms with E-state index in [1.54, 1.807) is 11.3 Å². The summed E-state index contributed by atoms with van der Waals surface area (Å²) in [5.74, 6) is -1.35. The Hall–Kier alpha value is -3.64. The average molecular weight is 458 g/mol. The number of pyridine rings is 1. The molecule has 0 unspecified atom stereocenters. The van der Waals surface area contributed by atoms with Gasteiger partial charge in [0.25, 0.3) is 0 Å². The molecule has 0 saturated heterocycles. The van der Waals surface area contributed by atoms with Crippen molar-refractivity contribution in [3.8, 4) is 0 Å². The molecule has 0 saturated carbocycles. The third kappa shape index (κ3) is 4.34. The molecule has 164 valence electrons. The van der Waals surface area contributed by atoms with Crippen molar-refractivity contribution in [1.82, 2.24) is 4.98 Å². The van der Waals surface area contributed by atoms with Crippen LogP contribution in [0.1, 0.15) is 49.7 Å². The lowest BCUT2D eigenvalue weighted by atomic mass is 9.86. The quantitative estimate of drug-likeness (QED) is 0.259. The third-order valence-corrected chi connectivity index (χ3v) is 6.55. The molecule has 4 aromatic rings. The van der Waals surface area contributed by atoms with Crippen LogP contribution in [0, 0.1) is 5.82 Å². The molecule has 0 bridgehead atoms. The molecule has 1 aliphatic rings. The standard InChI is InChI=1S/C27H20FNO3S/c28-19-12-10-17(11-13-19)24(30)16-32-27(31)25-21-7-1-2-9-23(21)29-26-18(5-3-8-22(25)26)15-20-6-4-14-33-20/h1-2,4,6-7,9-15H,3,5,8,16H2/b18-15+. The Bertz CT molecular complexity index is 1370. The van der Waals surface area contributed by atoms with Gasteiger partial charge in [0.05, 0.1) is 16.8 Å². The van der Waals surface area contributed by atoms with Gasteiger partial charge in [-0.3, -0.25) is 4.79 Å². The van der Waals surface area contributed by atoms with Crippen molar-refractivity contribution in [2.24, 2.45) is 0 Å². The number of rotatable bonds is 5. The van der Waals surface area contributed by atoms with Crippen molar-refractivity contribution < 1.29 is 18.7 Å². The number of aromatic nitrogens is 1. The molecule has 0 amide bonds. The van der Waals surface area contributed by atoms with Gasteiger partial charge >= 0.3 is 5.97 Å². The van der Waals surface area contributed by atoms with Crippen LogP contribution in [0.3, 0.4) is 0 Å². The van der Waals surface area contributed by atoms with Crippen LogP contribution in [0.25, 0.3) is 22.6 Å². The number of carbonyl (C=O) groups is 2. The van der Waals surface area contributed by atoms with E-state index in [9.17, 15) is 14.0 Å². The molecule has 1 aliphatic carbocycles. The molecule has 0 fully saturated rings. The van der Waals surface area contributed by atoms with Crippen LogP contribution in [0.2, 0.25) is 0 Å². The summed E-state index contributed by atoms with van der Waals surface area (Å²) in [6.45, 7) is -0.409. The molecule has 2 heterocycles. The highest BCUT2D eigenvalue weighted by atomic mass is 32.1. The highest BCUT2D eigenvalue weighted by Crippen LogP contribution is 2.36. The predicted octanol–water partition coefficient (Wildman–Crippen LogP) is 6.35. The van der Waals surface area contributed by atoms with E-state index in [2.05, 4.69) is 12.1 Å². The summed E-state index contributed by atoms with van der Waals surface area (Å²) in [6.07, 6.45) is 4.63. The van der Waals surface area contributed by atoms with Crippen molar-refractivity contribution in [2.75, 3.05) is 6.61 Å². The van der Waals surface area contributed by atoms with Crippen LogP contribution in [-0.2, 0) is 11.2 Å². The van der Waals surface area contributed by atoms with Crippen LogP contribution >= 0.6 is 11.3 Å². The second kappa shape index (κ2) is 9.08. The summed E-state index contributed by atoms with van der Waals surface area (Å²) in [5, 5.41) is 2.75. The number of Topliss-reactive ketones (excluding diaryl/α,β-unsaturated/α-hetero) is 1. The number of fused-ring (bicyclic) bond motifs is 2. The zero-order valence-electron chi connectivity index (χ0n) is 17.7. The third-order valence-electron chi connectivity index (χ3n) is 5.73. The van der Waals surface area contributed by atoms with Crippen LogP contribution in [0.15, 0.2) is 66.0 Å². The van der Waals surface area contributed by atoms with E-state index in [1.165, 1.54) is 24.3 Å². The van der Waals surface area contributed by atoms with Gasteiger partial charge in [-0.15, -0.1) is 11.3 Å². The van der Waals surface area contributed by atoms with Crippen molar-refractivity contribution in [2.45, 2.75) is 19.3 Å². The maximum absolute atomic E-state index is 13.3. The second-order valence-corrected chi connectivity index (χ2v) is 8.86. The van der Waals surface area contributed by atoms with Gasteiger partial charge in [0.2, 0.25) is 0 Å². The molecule has 0 spiro atoms. The van der Waals surface area contributed by atoms with Gasteiger partial charge < -0.3 is 4.74 Å². The van der Waals surface area contributed by atoms with Gasteiger partial charge in [-0.2, -0.15) is 0 Å². The first-order valence-corrected chi connectivity index (χ1v) is 11.6. The first-order valence-electron chi connectivity index (χ1n) is 10.7. The lowest BCUT2D eigenvalue weighted by Gasteiger charge is -2.22. The van der Waals surface area contributed by atoms with Gasteiger partial charge in [0.1, 0.15) is 5.82 Å². The number of allylic oxidation sites excluding steroid dienone is 1. The van der Waals surface area contributed by atoms with Crippen LogP contribution in [0.5, 0.6) is 0 Å². The maximum Gasteiger partial charge on any atom is 0.339 e. The molecule has 4 nitrogen and oxygen atoms in total. The number of halogens is 1. The first kappa shape index (κ1) is 21.2. The molecule has 2 aromatic carbocycles. The number of hydrogen-bond donors (Lipinski definition) is 0. The fraction of sp³-hybridized carbons (Fsp3) is 0.148. The van der Waals surface area contributed by atoms with Crippen molar-refractivity contribution >= 4 is 45.6 Å². The number of esters is 1. The van der Waals surface area contributed by atoms with E-state index in [-0.39, 0.29) is 5.78 Å². The minimum atomic E-state index is -0.544. The summed E-state index contributed by atoms with van der Waals surface area (Å²) in [5.41, 5.74) is 4.27. The van der Waals surface area contributed by atoms with Crippen LogP contribution in [-0.4, -0.2) is 23.3 Å². The largest absolute Gasteiger partial charge is 0.454 e. The summed E-state index contributed by atoms with van der Waals surface area (Å²) in [4.78, 5) is 31.8. The summed E-state index contributed by atoms with van der Waals surface area (Å²) < 4.78 is 18.6. The van der Waals surface area contributed by atoms with Gasteiger partial charge in [-0.1, -0.05) is 24.3 Å². The lowest BCUT2D eigenvalue weighted by Crippen LogP contribution is -2.18. The molecule has 5 rings (SSSR count). The molecule has 6 heteroatoms. The number of carbonyl (C=O) groups excluding carboxylic acids is 2. The van der Waals surface area contributed by atoms with E-state index in [0.717, 1.165) is 34.5 Å². The first-order chi connectivity index (χ1) is 16.1. The van der Waals surface area contributed by atoms with Gasteiger partial charge in [-0.25, -0.2) is 14.2 Å². The highest BCUT2D eigenvalue weighted by molar-refractivity contribution is 7.10. The Balaban J connectivity index is 1.51. The SMILES string of the molecule is O=C(COC(=O)c1c2c(nc3ccccc13)/C(=C/c1cccs1)CCC2)c1ccc(F)cc1. The number of benzene rings is 2. The zero-order chi connectivity index (χ0) is 22.8. The van der Waals surface area contributed by atoms with Crippen molar-refractivity contribution in [3.63, 3.8) is 0 Å². The number of thiophene rings is 1. The molecular weight excluding hydrogens is 437 g/mol. The minimum Gasteiger partial charge on any atom is -0.454 e. The Kier molecular flexibility index (Phi) is 5.84. The highest BCUT2D eigenvalue weighted by Gasteiger charge is 2.26. The Morgan fingerprint density at radius 1 is 1.03 bits per heavy atom. The molecular formula is C27H20FNO3S. The monoisotopic (exact) mass is 457 g/mol. The Labute approximate surface area is 194 Å². The number of ether oxygens (including phenoxy) is 1. The summed E-state index contributed by atoms with van der Waals surface area (Å²) in [7, 11) is 0. The average Bonchev–Trinajstić information content (AvgIpc) is 3.35. The summed E-state index contributed by atoms with van der Waals surface area (Å²) >= 11 is 1.66. The number of nitrogens with zero attached hydrogens (tertiary/aromatic N) is 1. The molecule has 0 atom stereocenters. The van der Waals surface area contributed by atoms with Crippen LogP contribution < -0.4 is 0 Å². The Morgan fingerprint density at radius 2 is 1.85 bits per heavy atom. The molecule has 0 radical (unpaired) electrons. The van der Waals surface area contributed by atoms with Crippen molar-refractivity contribution in [3.05, 3.63) is 99.1 Å². The van der Waals surface area contributed by atoms with Crippen molar-refractivity contribution in [1.29, 1.82) is 0 Å². The topological polar surface area (TPSA) is 56.3 Å². The van der Waals surface area contributed by atoms with Gasteiger partial charge in [0, 0.05) is 15.8 Å². The van der Waals surface area contributed by atoms with E-state index in [4.69, 9.17) is 9.72 Å². The van der Waals surface area contributed by atoms with Crippen LogP contribution in [0.4, 0.5) is 4.39 Å². The second-order valence-electron chi connectivity index (χ2n) is 7.88. The van der Waals surface area contributed by atoms with E-state index in [1.807, 2.05) is 35.7 Å². The lowest BCUT2D eigenvalue weighted by molar-refractivity contribution is 0.0475. The number of hydrogen-bond acceptors (Lipinski definition) is 5. The smallest absolute Gasteiger partial charge is 0.339 e. The maximum atomic E-state index is 13.3.